The molecule has 0 aromatic heterocycles. The van der Waals surface area contributed by atoms with Gasteiger partial charge < -0.3 is 0 Å². The Labute approximate surface area is 96.1 Å². The molecule has 0 saturated carbocycles. The molecule has 1 aromatic carbocycles. The van der Waals surface area contributed by atoms with Gasteiger partial charge in [-0.3, -0.25) is 0 Å². The normalized spacial score (nSPS) is 20.1. The van der Waals surface area contributed by atoms with Crippen molar-refractivity contribution in [1.29, 1.82) is 0 Å². The van der Waals surface area contributed by atoms with Gasteiger partial charge in [-0.25, -0.2) is 0 Å². The molecular weight excluding hydrogens is 200 g/mol. The maximum atomic E-state index is 2.33. The zero-order valence-electron chi connectivity index (χ0n) is 9.23. The molecule has 1 aromatic rings. The fraction of sp³-hybridized carbons (Fsp3) is 0.286. The summed E-state index contributed by atoms with van der Waals surface area (Å²) >= 11 is 1.79. The van der Waals surface area contributed by atoms with Crippen LogP contribution in [0.2, 0.25) is 0 Å². The number of rotatable bonds is 2. The van der Waals surface area contributed by atoms with E-state index in [9.17, 15) is 0 Å². The summed E-state index contributed by atoms with van der Waals surface area (Å²) in [6.07, 6.45) is 10.1. The molecule has 0 saturated heterocycles. The van der Waals surface area contributed by atoms with Crippen molar-refractivity contribution in [2.24, 2.45) is 5.92 Å². The second-order valence-corrected chi connectivity index (χ2v) is 4.84. The average molecular weight is 216 g/mol. The van der Waals surface area contributed by atoms with Crippen LogP contribution in [0.5, 0.6) is 0 Å². The Balaban J connectivity index is 2.20. The van der Waals surface area contributed by atoms with E-state index < -0.39 is 0 Å². The molecule has 0 radical (unpaired) electrons. The molecule has 0 fully saturated rings. The predicted molar refractivity (Wildman–Crippen MR) is 69.1 cm³/mol. The van der Waals surface area contributed by atoms with Gasteiger partial charge in [0.15, 0.2) is 0 Å². The van der Waals surface area contributed by atoms with Crippen LogP contribution >= 0.6 is 11.8 Å². The van der Waals surface area contributed by atoms with Gasteiger partial charge >= 0.3 is 0 Å². The maximum Gasteiger partial charge on any atom is 0.00695 e. The molecular formula is C14H16S. The van der Waals surface area contributed by atoms with Crippen LogP contribution < -0.4 is 0 Å². The third kappa shape index (κ3) is 2.54. The summed E-state index contributed by atoms with van der Waals surface area (Å²) in [6.45, 7) is 2.25. The van der Waals surface area contributed by atoms with E-state index in [0.717, 1.165) is 6.42 Å². The van der Waals surface area contributed by atoms with Gasteiger partial charge in [0, 0.05) is 4.90 Å². The van der Waals surface area contributed by atoms with Crippen molar-refractivity contribution in [3.8, 4) is 0 Å². The van der Waals surface area contributed by atoms with E-state index >= 15 is 0 Å². The van der Waals surface area contributed by atoms with Crippen LogP contribution in [0.4, 0.5) is 0 Å². The first-order valence-corrected chi connectivity index (χ1v) is 6.55. The van der Waals surface area contributed by atoms with Gasteiger partial charge in [-0.2, -0.15) is 0 Å². The highest BCUT2D eigenvalue weighted by molar-refractivity contribution is 7.98. The van der Waals surface area contributed by atoms with Crippen molar-refractivity contribution in [3.05, 3.63) is 48.1 Å². The van der Waals surface area contributed by atoms with Crippen LogP contribution in [0.25, 0.3) is 5.57 Å². The average Bonchev–Trinajstić information content (AvgIpc) is 2.30. The second kappa shape index (κ2) is 4.71. The molecule has 1 unspecified atom stereocenters. The highest BCUT2D eigenvalue weighted by Gasteiger charge is 2.05. The van der Waals surface area contributed by atoms with Crippen molar-refractivity contribution >= 4 is 17.3 Å². The summed E-state index contributed by atoms with van der Waals surface area (Å²) in [5.74, 6) is 0.694. The summed E-state index contributed by atoms with van der Waals surface area (Å²) in [5, 5.41) is 0. The Morgan fingerprint density at radius 3 is 2.47 bits per heavy atom. The van der Waals surface area contributed by atoms with Gasteiger partial charge in [0.1, 0.15) is 0 Å². The van der Waals surface area contributed by atoms with Crippen LogP contribution in [0.1, 0.15) is 18.9 Å². The van der Waals surface area contributed by atoms with Crippen molar-refractivity contribution in [2.45, 2.75) is 18.2 Å². The van der Waals surface area contributed by atoms with Gasteiger partial charge in [0.2, 0.25) is 0 Å². The number of thioether (sulfide) groups is 1. The zero-order valence-corrected chi connectivity index (χ0v) is 10.1. The molecule has 1 aliphatic rings. The SMILES string of the molecule is CSc1ccc(C2=CCC(C)C=C2)cc1. The van der Waals surface area contributed by atoms with Crippen LogP contribution in [0.3, 0.4) is 0 Å². The van der Waals surface area contributed by atoms with Gasteiger partial charge in [-0.1, -0.05) is 37.3 Å². The topological polar surface area (TPSA) is 0 Å². The minimum absolute atomic E-state index is 0.694. The smallest absolute Gasteiger partial charge is 0.00695 e. The number of hydrogen-bond donors (Lipinski definition) is 0. The zero-order chi connectivity index (χ0) is 10.7. The molecule has 15 heavy (non-hydrogen) atoms. The van der Waals surface area contributed by atoms with E-state index in [4.69, 9.17) is 0 Å². The lowest BCUT2D eigenvalue weighted by atomic mass is 9.94. The van der Waals surface area contributed by atoms with Crippen LogP contribution in [0.15, 0.2) is 47.4 Å². The summed E-state index contributed by atoms with van der Waals surface area (Å²) in [7, 11) is 0. The van der Waals surface area contributed by atoms with E-state index in [1.165, 1.54) is 16.0 Å². The fourth-order valence-electron chi connectivity index (χ4n) is 1.72. The fourth-order valence-corrected chi connectivity index (χ4v) is 2.13. The molecule has 0 heterocycles. The Hall–Kier alpha value is -0.950. The molecule has 0 aliphatic heterocycles. The highest BCUT2D eigenvalue weighted by Crippen LogP contribution is 2.25. The standard InChI is InChI=1S/C14H16S/c1-11-3-5-12(6-4-11)13-7-9-14(15-2)10-8-13/h3,5-11H,4H2,1-2H3. The number of benzene rings is 1. The molecule has 0 N–H and O–H groups in total. The molecule has 1 aliphatic carbocycles. The first kappa shape index (κ1) is 10.6. The van der Waals surface area contributed by atoms with E-state index in [1.54, 1.807) is 11.8 Å². The van der Waals surface area contributed by atoms with Crippen molar-refractivity contribution in [3.63, 3.8) is 0 Å². The van der Waals surface area contributed by atoms with Crippen molar-refractivity contribution in [1.82, 2.24) is 0 Å². The molecule has 0 amide bonds. The maximum absolute atomic E-state index is 2.33. The lowest BCUT2D eigenvalue weighted by Crippen LogP contribution is -1.93. The molecule has 78 valence electrons. The van der Waals surface area contributed by atoms with Gasteiger partial charge in [-0.15, -0.1) is 11.8 Å². The van der Waals surface area contributed by atoms with Crippen LogP contribution in [-0.2, 0) is 0 Å². The van der Waals surface area contributed by atoms with E-state index in [0.29, 0.717) is 5.92 Å². The predicted octanol–water partition coefficient (Wildman–Crippen LogP) is 4.39. The third-order valence-corrected chi connectivity index (χ3v) is 3.48. The lowest BCUT2D eigenvalue weighted by Gasteiger charge is -2.12. The first-order chi connectivity index (χ1) is 7.29. The molecule has 0 bridgehead atoms. The van der Waals surface area contributed by atoms with E-state index in [2.05, 4.69) is 55.7 Å². The summed E-state index contributed by atoms with van der Waals surface area (Å²) in [6, 6.07) is 8.79. The Morgan fingerprint density at radius 2 is 1.93 bits per heavy atom. The van der Waals surface area contributed by atoms with Gasteiger partial charge in [0.25, 0.3) is 0 Å². The van der Waals surface area contributed by atoms with Crippen molar-refractivity contribution < 1.29 is 0 Å². The number of allylic oxidation sites excluding steroid dienone is 4. The second-order valence-electron chi connectivity index (χ2n) is 3.96. The Morgan fingerprint density at radius 1 is 1.20 bits per heavy atom. The van der Waals surface area contributed by atoms with Crippen LogP contribution in [0, 0.1) is 5.92 Å². The molecule has 0 spiro atoms. The molecule has 2 rings (SSSR count). The summed E-state index contributed by atoms with van der Waals surface area (Å²) in [5.41, 5.74) is 2.69. The third-order valence-electron chi connectivity index (χ3n) is 2.74. The quantitative estimate of drug-likeness (QED) is 0.661. The minimum atomic E-state index is 0.694. The van der Waals surface area contributed by atoms with Gasteiger partial charge in [-0.05, 0) is 41.9 Å². The Kier molecular flexibility index (Phi) is 3.32. The number of hydrogen-bond acceptors (Lipinski definition) is 1. The summed E-state index contributed by atoms with van der Waals surface area (Å²) in [4.78, 5) is 1.33. The van der Waals surface area contributed by atoms with Gasteiger partial charge in [0.05, 0.1) is 0 Å². The highest BCUT2D eigenvalue weighted by atomic mass is 32.2. The van der Waals surface area contributed by atoms with Crippen molar-refractivity contribution in [2.75, 3.05) is 6.26 Å². The van der Waals surface area contributed by atoms with Crippen LogP contribution in [-0.4, -0.2) is 6.26 Å². The molecule has 1 heteroatoms. The van der Waals surface area contributed by atoms with E-state index in [-0.39, 0.29) is 0 Å². The molecule has 0 nitrogen and oxygen atoms in total. The van der Waals surface area contributed by atoms with E-state index in [1.807, 2.05) is 0 Å². The minimum Gasteiger partial charge on any atom is -0.130 e. The summed E-state index contributed by atoms with van der Waals surface area (Å²) < 4.78 is 0. The first-order valence-electron chi connectivity index (χ1n) is 5.32. The molecule has 1 atom stereocenters. The monoisotopic (exact) mass is 216 g/mol. The largest absolute Gasteiger partial charge is 0.130 e. The Bertz CT molecular complexity index is 384. The lowest BCUT2D eigenvalue weighted by molar-refractivity contribution is 0.739.